The first-order valence-corrected chi connectivity index (χ1v) is 10.3. The summed E-state index contributed by atoms with van der Waals surface area (Å²) in [4.78, 5) is 29.5. The van der Waals surface area contributed by atoms with Crippen LogP contribution in [0.2, 0.25) is 0 Å². The van der Waals surface area contributed by atoms with Crippen LogP contribution < -0.4 is 15.1 Å². The molecule has 0 spiro atoms. The van der Waals surface area contributed by atoms with Crippen LogP contribution >= 0.6 is 12.2 Å². The normalized spacial score (nSPS) is 19.3. The van der Waals surface area contributed by atoms with Crippen LogP contribution in [0.1, 0.15) is 26.7 Å². The van der Waals surface area contributed by atoms with Crippen LogP contribution in [0.15, 0.2) is 18.2 Å². The largest absolute Gasteiger partial charge is 0.442 e. The van der Waals surface area contributed by atoms with Gasteiger partial charge in [-0.3, -0.25) is 9.69 Å². The summed E-state index contributed by atoms with van der Waals surface area (Å²) in [7, 11) is 0. The average molecular weight is 423 g/mol. The van der Waals surface area contributed by atoms with Gasteiger partial charge in [-0.1, -0.05) is 19.1 Å². The number of anilines is 2. The fourth-order valence-corrected chi connectivity index (χ4v) is 3.85. The third-order valence-electron chi connectivity index (χ3n) is 5.19. The van der Waals surface area contributed by atoms with Gasteiger partial charge in [0.2, 0.25) is 5.91 Å². The van der Waals surface area contributed by atoms with E-state index in [2.05, 4.69) is 5.32 Å². The molecule has 158 valence electrons. The number of carbonyl (C=O) groups is 2. The predicted octanol–water partition coefficient (Wildman–Crippen LogP) is 2.54. The van der Waals surface area contributed by atoms with Gasteiger partial charge < -0.3 is 19.9 Å². The highest BCUT2D eigenvalue weighted by molar-refractivity contribution is 7.80. The van der Waals surface area contributed by atoms with E-state index in [0.717, 1.165) is 17.8 Å². The SMILES string of the molecule is CCCC(=S)NC[C@H]1CN(c2ccc(N3CCN(C(C)=O)CC3)c(F)c2)C(=O)O1. The Labute approximate surface area is 175 Å². The number of carbonyl (C=O) groups excluding carboxylic acids is 2. The van der Waals surface area contributed by atoms with Gasteiger partial charge in [-0.2, -0.15) is 0 Å². The molecular formula is C20H27FN4O3S. The Bertz CT molecular complexity index is 783. The minimum Gasteiger partial charge on any atom is -0.442 e. The molecule has 2 amide bonds. The van der Waals surface area contributed by atoms with Crippen LogP contribution in [0.25, 0.3) is 0 Å². The molecule has 29 heavy (non-hydrogen) atoms. The minimum absolute atomic E-state index is 0.0347. The van der Waals surface area contributed by atoms with Gasteiger partial charge in [-0.05, 0) is 31.0 Å². The molecule has 9 heteroatoms. The molecule has 2 heterocycles. The fraction of sp³-hybridized carbons (Fsp3) is 0.550. The Balaban J connectivity index is 1.60. The number of nitrogens with zero attached hydrogens (tertiary/aromatic N) is 3. The second kappa shape index (κ2) is 9.39. The summed E-state index contributed by atoms with van der Waals surface area (Å²) in [5.74, 6) is -0.357. The van der Waals surface area contributed by atoms with Gasteiger partial charge >= 0.3 is 6.09 Å². The van der Waals surface area contributed by atoms with E-state index in [9.17, 15) is 14.0 Å². The number of nitrogens with one attached hydrogen (secondary N) is 1. The van der Waals surface area contributed by atoms with Crippen LogP contribution in [-0.2, 0) is 9.53 Å². The lowest BCUT2D eigenvalue weighted by Gasteiger charge is -2.35. The quantitative estimate of drug-likeness (QED) is 0.711. The maximum atomic E-state index is 14.8. The Morgan fingerprint density at radius 1 is 1.31 bits per heavy atom. The smallest absolute Gasteiger partial charge is 0.414 e. The maximum absolute atomic E-state index is 14.8. The molecule has 0 bridgehead atoms. The molecule has 1 aromatic carbocycles. The van der Waals surface area contributed by atoms with Crippen molar-refractivity contribution in [3.63, 3.8) is 0 Å². The molecule has 0 aliphatic carbocycles. The van der Waals surface area contributed by atoms with E-state index in [1.807, 2.05) is 11.8 Å². The molecule has 0 saturated carbocycles. The molecule has 0 unspecified atom stereocenters. The first-order valence-electron chi connectivity index (χ1n) is 9.94. The lowest BCUT2D eigenvalue weighted by Crippen LogP contribution is -2.48. The summed E-state index contributed by atoms with van der Waals surface area (Å²) < 4.78 is 20.1. The standard InChI is InChI=1S/C20H27FN4O3S/c1-3-4-19(29)22-12-16-13-25(20(27)28-16)15-5-6-18(17(21)11-15)24-9-7-23(8-10-24)14(2)26/h5-6,11,16H,3-4,7-10,12-13H2,1-2H3,(H,22,29)/t16-/m0/s1. The zero-order valence-electron chi connectivity index (χ0n) is 16.8. The molecule has 2 saturated heterocycles. The van der Waals surface area contributed by atoms with E-state index < -0.39 is 11.9 Å². The first-order chi connectivity index (χ1) is 13.9. The number of hydrogen-bond acceptors (Lipinski definition) is 5. The zero-order valence-corrected chi connectivity index (χ0v) is 17.6. The van der Waals surface area contributed by atoms with Crippen LogP contribution in [0, 0.1) is 5.82 Å². The van der Waals surface area contributed by atoms with E-state index in [1.165, 1.54) is 11.0 Å². The number of rotatable bonds is 6. The number of thiocarbonyl (C=S) groups is 1. The maximum Gasteiger partial charge on any atom is 0.414 e. The monoisotopic (exact) mass is 422 g/mol. The lowest BCUT2D eigenvalue weighted by molar-refractivity contribution is -0.129. The topological polar surface area (TPSA) is 65.1 Å². The van der Waals surface area contributed by atoms with E-state index in [0.29, 0.717) is 50.6 Å². The summed E-state index contributed by atoms with van der Waals surface area (Å²) in [5, 5.41) is 3.11. The molecule has 1 aromatic rings. The molecular weight excluding hydrogens is 395 g/mol. The number of piperazine rings is 1. The van der Waals surface area contributed by atoms with Crippen molar-refractivity contribution in [3.8, 4) is 0 Å². The second-order valence-electron chi connectivity index (χ2n) is 7.30. The van der Waals surface area contributed by atoms with Crippen molar-refractivity contribution in [1.29, 1.82) is 0 Å². The molecule has 2 aliphatic heterocycles. The Kier molecular flexibility index (Phi) is 6.89. The van der Waals surface area contributed by atoms with Crippen molar-refractivity contribution in [2.45, 2.75) is 32.8 Å². The zero-order chi connectivity index (χ0) is 21.0. The van der Waals surface area contributed by atoms with Gasteiger partial charge in [0.25, 0.3) is 0 Å². The van der Waals surface area contributed by atoms with Crippen LogP contribution in [-0.4, -0.2) is 67.3 Å². The van der Waals surface area contributed by atoms with Crippen molar-refractivity contribution in [1.82, 2.24) is 10.2 Å². The first kappa shape index (κ1) is 21.3. The van der Waals surface area contributed by atoms with Gasteiger partial charge in [-0.15, -0.1) is 0 Å². The number of benzene rings is 1. The van der Waals surface area contributed by atoms with Crippen molar-refractivity contribution >= 4 is 40.6 Å². The van der Waals surface area contributed by atoms with E-state index in [-0.39, 0.29) is 12.0 Å². The summed E-state index contributed by atoms with van der Waals surface area (Å²) in [6.07, 6.45) is 0.936. The van der Waals surface area contributed by atoms with Gasteiger partial charge in [0.05, 0.1) is 29.5 Å². The molecule has 0 aromatic heterocycles. The third-order valence-corrected chi connectivity index (χ3v) is 5.54. The van der Waals surface area contributed by atoms with Crippen LogP contribution in [0.5, 0.6) is 0 Å². The summed E-state index contributed by atoms with van der Waals surface area (Å²) in [6, 6.07) is 4.78. The molecule has 1 atom stereocenters. The highest BCUT2D eigenvalue weighted by atomic mass is 32.1. The summed E-state index contributed by atoms with van der Waals surface area (Å²) in [6.45, 7) is 6.68. The van der Waals surface area contributed by atoms with Gasteiger partial charge in [-0.25, -0.2) is 9.18 Å². The number of cyclic esters (lactones) is 1. The van der Waals surface area contributed by atoms with Crippen LogP contribution in [0.4, 0.5) is 20.6 Å². The molecule has 7 nitrogen and oxygen atoms in total. The number of amides is 2. The molecule has 2 aliphatic rings. The number of ether oxygens (including phenoxy) is 1. The Morgan fingerprint density at radius 3 is 2.66 bits per heavy atom. The fourth-order valence-electron chi connectivity index (χ4n) is 3.56. The Morgan fingerprint density at radius 2 is 2.03 bits per heavy atom. The molecule has 3 rings (SSSR count). The predicted molar refractivity (Wildman–Crippen MR) is 114 cm³/mol. The van der Waals surface area contributed by atoms with Gasteiger partial charge in [0, 0.05) is 33.1 Å². The molecule has 0 radical (unpaired) electrons. The second-order valence-corrected chi connectivity index (χ2v) is 7.79. The van der Waals surface area contributed by atoms with Crippen LogP contribution in [0.3, 0.4) is 0 Å². The van der Waals surface area contributed by atoms with E-state index in [4.69, 9.17) is 17.0 Å². The third kappa shape index (κ3) is 5.14. The van der Waals surface area contributed by atoms with Crippen molar-refractivity contribution < 1.29 is 18.7 Å². The molecule has 2 fully saturated rings. The highest BCUT2D eigenvalue weighted by Crippen LogP contribution is 2.28. The summed E-state index contributed by atoms with van der Waals surface area (Å²) in [5.41, 5.74) is 0.949. The number of hydrogen-bond donors (Lipinski definition) is 1. The van der Waals surface area contributed by atoms with E-state index in [1.54, 1.807) is 24.0 Å². The van der Waals surface area contributed by atoms with Crippen molar-refractivity contribution in [2.75, 3.05) is 49.1 Å². The van der Waals surface area contributed by atoms with Gasteiger partial charge in [0.15, 0.2) is 0 Å². The molecule has 1 N–H and O–H groups in total. The van der Waals surface area contributed by atoms with Gasteiger partial charge in [0.1, 0.15) is 11.9 Å². The minimum atomic E-state index is -0.486. The lowest BCUT2D eigenvalue weighted by atomic mass is 10.2. The average Bonchev–Trinajstić information content (AvgIpc) is 3.07. The summed E-state index contributed by atoms with van der Waals surface area (Å²) >= 11 is 5.21. The number of halogens is 1. The highest BCUT2D eigenvalue weighted by Gasteiger charge is 2.33. The van der Waals surface area contributed by atoms with E-state index >= 15 is 0 Å². The Hall–Kier alpha value is -2.42. The van der Waals surface area contributed by atoms with Crippen molar-refractivity contribution in [2.24, 2.45) is 0 Å². The van der Waals surface area contributed by atoms with Crippen molar-refractivity contribution in [3.05, 3.63) is 24.0 Å².